The van der Waals surface area contributed by atoms with E-state index < -0.39 is 0 Å². The first-order chi connectivity index (χ1) is 13.4. The summed E-state index contributed by atoms with van der Waals surface area (Å²) in [5, 5.41) is 8.25. The molecule has 0 bridgehead atoms. The molecule has 0 aromatic heterocycles. The van der Waals surface area contributed by atoms with E-state index in [1.807, 2.05) is 0 Å². The molecule has 0 N–H and O–H groups in total. The van der Waals surface area contributed by atoms with Crippen LogP contribution in [0.4, 0.5) is 22.7 Å². The van der Waals surface area contributed by atoms with Crippen LogP contribution in [-0.4, -0.2) is 7.11 Å². The molecule has 0 amide bonds. The molecule has 27 heavy (non-hydrogen) atoms. The minimum Gasteiger partial charge on any atom is -0.857 e. The highest BCUT2D eigenvalue weighted by atomic mass is 16.2. The molecule has 0 fully saturated rings. The smallest absolute Gasteiger partial charge is 0.148 e. The summed E-state index contributed by atoms with van der Waals surface area (Å²) in [7, 11) is 0.750. The van der Waals surface area contributed by atoms with E-state index in [2.05, 4.69) is 121 Å². The van der Waals surface area contributed by atoms with Gasteiger partial charge in [0.25, 0.3) is 0 Å². The van der Waals surface area contributed by atoms with Crippen LogP contribution >= 0.6 is 0 Å². The van der Waals surface area contributed by atoms with Crippen molar-refractivity contribution in [3.05, 3.63) is 121 Å². The van der Waals surface area contributed by atoms with Gasteiger partial charge in [-0.25, -0.2) is 0 Å². The predicted octanol–water partition coefficient (Wildman–Crippen LogP) is 5.97. The van der Waals surface area contributed by atoms with Crippen molar-refractivity contribution in [3.8, 4) is 0 Å². The summed E-state index contributed by atoms with van der Waals surface area (Å²) in [4.78, 5) is 0. The molecule has 0 aliphatic carbocycles. The molecular formula is C25H23NO. The summed E-state index contributed by atoms with van der Waals surface area (Å²) < 4.78 is 0.559. The highest BCUT2D eigenvalue weighted by Gasteiger charge is 2.38. The maximum absolute atomic E-state index is 8.25. The number of para-hydroxylation sites is 4. The molecule has 2 nitrogen and oxygen atoms in total. The Labute approximate surface area is 161 Å². The predicted molar refractivity (Wildman–Crippen MR) is 112 cm³/mol. The van der Waals surface area contributed by atoms with Crippen molar-refractivity contribution in [1.29, 1.82) is 0 Å². The van der Waals surface area contributed by atoms with Crippen molar-refractivity contribution in [3.63, 3.8) is 0 Å². The first-order valence-corrected chi connectivity index (χ1v) is 8.95. The summed E-state index contributed by atoms with van der Waals surface area (Å²) in [6.45, 7) is 0. The lowest BCUT2D eigenvalue weighted by Gasteiger charge is -2.37. The third kappa shape index (κ3) is 3.54. The third-order valence-electron chi connectivity index (χ3n) is 4.57. The summed E-state index contributed by atoms with van der Waals surface area (Å²) in [5.41, 5.74) is 4.86. The molecule has 0 atom stereocenters. The molecule has 4 aromatic rings. The van der Waals surface area contributed by atoms with Crippen LogP contribution in [0.5, 0.6) is 0 Å². The number of benzene rings is 4. The van der Waals surface area contributed by atoms with Crippen LogP contribution < -0.4 is 9.59 Å². The molecule has 0 radical (unpaired) electrons. The minimum atomic E-state index is 0.559. The Morgan fingerprint density at radius 2 is 0.556 bits per heavy atom. The topological polar surface area (TPSA) is 23.1 Å². The summed E-state index contributed by atoms with van der Waals surface area (Å²) in [6, 6.07) is 42.8. The first kappa shape index (κ1) is 18.6. The summed E-state index contributed by atoms with van der Waals surface area (Å²) >= 11 is 0. The number of nitrogens with zero attached hydrogens (tertiary/aromatic N) is 1. The van der Waals surface area contributed by atoms with Crippen LogP contribution in [0, 0.1) is 0 Å². The second-order valence-corrected chi connectivity index (χ2v) is 6.01. The normalized spacial score (nSPS) is 10.6. The van der Waals surface area contributed by atoms with E-state index >= 15 is 0 Å². The fourth-order valence-electron chi connectivity index (χ4n) is 3.50. The third-order valence-corrected chi connectivity index (χ3v) is 4.57. The number of hydrogen-bond donors (Lipinski definition) is 0. The molecule has 0 heterocycles. The average molecular weight is 353 g/mol. The van der Waals surface area contributed by atoms with E-state index in [-0.39, 0.29) is 0 Å². The highest BCUT2D eigenvalue weighted by molar-refractivity contribution is 5.81. The monoisotopic (exact) mass is 353 g/mol. The van der Waals surface area contributed by atoms with Gasteiger partial charge in [-0.05, 0) is 0 Å². The summed E-state index contributed by atoms with van der Waals surface area (Å²) in [6.07, 6.45) is 0. The van der Waals surface area contributed by atoms with Gasteiger partial charge in [-0.2, -0.15) is 11.6 Å². The molecule has 0 unspecified atom stereocenters. The Balaban J connectivity index is 0.00000102. The molecule has 4 rings (SSSR count). The molecule has 0 saturated carbocycles. The van der Waals surface area contributed by atoms with Crippen molar-refractivity contribution in [2.24, 2.45) is 0 Å². The zero-order chi connectivity index (χ0) is 19.0. The zero-order valence-electron chi connectivity index (χ0n) is 15.4. The van der Waals surface area contributed by atoms with Crippen molar-refractivity contribution >= 4 is 22.7 Å². The number of hydrogen-bond acceptors (Lipinski definition) is 1. The molecule has 0 spiro atoms. The van der Waals surface area contributed by atoms with Crippen molar-refractivity contribution in [2.45, 2.75) is 0 Å². The molecular weight excluding hydrogens is 330 g/mol. The van der Waals surface area contributed by atoms with E-state index in [1.54, 1.807) is 0 Å². The molecule has 0 aliphatic rings. The highest BCUT2D eigenvalue weighted by Crippen LogP contribution is 2.50. The summed E-state index contributed by atoms with van der Waals surface area (Å²) in [5.74, 6) is 0. The Bertz CT molecular complexity index is 759. The van der Waals surface area contributed by atoms with Crippen LogP contribution in [0.1, 0.15) is 0 Å². The number of rotatable bonds is 4. The van der Waals surface area contributed by atoms with Crippen molar-refractivity contribution in [2.75, 3.05) is 7.11 Å². The Morgan fingerprint density at radius 3 is 0.741 bits per heavy atom. The van der Waals surface area contributed by atoms with Gasteiger partial charge in [0, 0.05) is 48.5 Å². The Hall–Kier alpha value is -3.20. The van der Waals surface area contributed by atoms with E-state index in [9.17, 15) is 0 Å². The molecule has 2 heteroatoms. The van der Waals surface area contributed by atoms with Gasteiger partial charge in [0.05, 0.1) is 0 Å². The maximum atomic E-state index is 8.25. The van der Waals surface area contributed by atoms with Gasteiger partial charge in [0.15, 0.2) is 0 Å². The van der Waals surface area contributed by atoms with Crippen LogP contribution in [0.25, 0.3) is 0 Å². The van der Waals surface area contributed by atoms with Crippen LogP contribution in [-0.2, 0) is 0 Å². The molecule has 0 saturated heterocycles. The van der Waals surface area contributed by atoms with Gasteiger partial charge in [-0.1, -0.05) is 72.8 Å². The van der Waals surface area contributed by atoms with Crippen LogP contribution in [0.3, 0.4) is 0 Å². The standard InChI is InChI=1S/C24H20N.CH3O/c1-5-13-21(14-6-1)25(22-15-7-2-8-16-22,23-17-9-3-10-18-23)24-19-11-4-12-20-24;1-2/h1-20H;1H3/q+1;-1. The Kier molecular flexibility index (Phi) is 6.16. The maximum Gasteiger partial charge on any atom is 0.148 e. The molecule has 4 aromatic carbocycles. The quantitative estimate of drug-likeness (QED) is 0.415. The minimum absolute atomic E-state index is 0.559. The average Bonchev–Trinajstić information content (AvgIpc) is 2.79. The van der Waals surface area contributed by atoms with Gasteiger partial charge < -0.3 is 5.11 Å². The zero-order valence-corrected chi connectivity index (χ0v) is 15.4. The SMILES string of the molecule is C[O-].c1ccc([N+](c2ccccc2)(c2ccccc2)c2ccccc2)cc1. The lowest BCUT2D eigenvalue weighted by atomic mass is 10.1. The van der Waals surface area contributed by atoms with Gasteiger partial charge in [-0.3, -0.25) is 0 Å². The number of quaternary nitrogens is 1. The second-order valence-electron chi connectivity index (χ2n) is 6.01. The second kappa shape index (κ2) is 8.95. The fourth-order valence-corrected chi connectivity index (χ4v) is 3.50. The van der Waals surface area contributed by atoms with E-state index in [4.69, 9.17) is 5.11 Å². The van der Waals surface area contributed by atoms with E-state index in [0.717, 1.165) is 7.11 Å². The van der Waals surface area contributed by atoms with E-state index in [0.29, 0.717) is 4.48 Å². The molecule has 134 valence electrons. The molecule has 0 aliphatic heterocycles. The van der Waals surface area contributed by atoms with Crippen molar-refractivity contribution < 1.29 is 5.11 Å². The fraction of sp³-hybridized carbons (Fsp3) is 0.0400. The van der Waals surface area contributed by atoms with Gasteiger partial charge in [0.1, 0.15) is 22.7 Å². The van der Waals surface area contributed by atoms with Gasteiger partial charge >= 0.3 is 0 Å². The van der Waals surface area contributed by atoms with Crippen LogP contribution in [0.2, 0.25) is 0 Å². The largest absolute Gasteiger partial charge is 0.857 e. The van der Waals surface area contributed by atoms with Crippen molar-refractivity contribution in [1.82, 2.24) is 4.48 Å². The Morgan fingerprint density at radius 1 is 0.370 bits per heavy atom. The first-order valence-electron chi connectivity index (χ1n) is 8.95. The van der Waals surface area contributed by atoms with E-state index in [1.165, 1.54) is 22.7 Å². The van der Waals surface area contributed by atoms with Gasteiger partial charge in [-0.15, -0.1) is 0 Å². The lowest BCUT2D eigenvalue weighted by molar-refractivity contribution is -0.325. The van der Waals surface area contributed by atoms with Gasteiger partial charge in [0.2, 0.25) is 0 Å². The lowest BCUT2D eigenvalue weighted by Crippen LogP contribution is -2.33. The van der Waals surface area contributed by atoms with Crippen LogP contribution in [0.15, 0.2) is 121 Å².